The third-order valence-corrected chi connectivity index (χ3v) is 8.31. The second-order valence-electron chi connectivity index (χ2n) is 7.10. The Labute approximate surface area is 195 Å². The minimum absolute atomic E-state index is 0.0777. The molecule has 3 rings (SSSR count). The first-order valence-corrected chi connectivity index (χ1v) is 12.3. The van der Waals surface area contributed by atoms with Crippen LogP contribution in [-0.2, 0) is 19.6 Å². The molecule has 2 heterocycles. The maximum absolute atomic E-state index is 13.2. The molecule has 9 nitrogen and oxygen atoms in total. The summed E-state index contributed by atoms with van der Waals surface area (Å²) >= 11 is 6.90. The topological polar surface area (TPSA) is 113 Å². The molecule has 32 heavy (non-hydrogen) atoms. The number of sulfonamides is 1. The summed E-state index contributed by atoms with van der Waals surface area (Å²) in [5, 5.41) is 2.61. The van der Waals surface area contributed by atoms with Crippen molar-refractivity contribution in [3.8, 4) is 0 Å². The van der Waals surface area contributed by atoms with Crippen molar-refractivity contribution in [3.05, 3.63) is 45.1 Å². The lowest BCUT2D eigenvalue weighted by Crippen LogP contribution is -2.60. The highest BCUT2D eigenvalue weighted by atomic mass is 35.5. The van der Waals surface area contributed by atoms with Crippen LogP contribution in [0.1, 0.15) is 33.9 Å². The first-order valence-electron chi connectivity index (χ1n) is 9.66. The minimum atomic E-state index is -4.04. The Bertz CT molecular complexity index is 1160. The van der Waals surface area contributed by atoms with Crippen molar-refractivity contribution in [1.82, 2.24) is 9.21 Å². The minimum Gasteiger partial charge on any atom is -0.462 e. The van der Waals surface area contributed by atoms with Crippen LogP contribution in [0.3, 0.4) is 0 Å². The monoisotopic (exact) mass is 499 g/mol. The summed E-state index contributed by atoms with van der Waals surface area (Å²) in [5.41, 5.74) is 0.555. The first-order chi connectivity index (χ1) is 15.0. The number of halogens is 1. The third-order valence-electron chi connectivity index (χ3n) is 4.98. The summed E-state index contributed by atoms with van der Waals surface area (Å²) in [6, 6.07) is 6.98. The van der Waals surface area contributed by atoms with Gasteiger partial charge in [-0.25, -0.2) is 13.2 Å². The maximum atomic E-state index is 13.2. The SMILES string of the molecule is CCOC(=O)c1cccc(NC(=O)c2sc(Cl)cc2S(=O)(=O)N(C)C2CN(C(C)=O)C2)c1. The molecule has 0 unspecified atom stereocenters. The number of amides is 2. The van der Waals surface area contributed by atoms with E-state index in [0.29, 0.717) is 5.69 Å². The molecule has 0 saturated carbocycles. The van der Waals surface area contributed by atoms with E-state index >= 15 is 0 Å². The van der Waals surface area contributed by atoms with Crippen molar-refractivity contribution in [2.45, 2.75) is 24.8 Å². The van der Waals surface area contributed by atoms with Gasteiger partial charge in [-0.15, -0.1) is 11.3 Å². The van der Waals surface area contributed by atoms with Crippen LogP contribution >= 0.6 is 22.9 Å². The van der Waals surface area contributed by atoms with E-state index in [0.717, 1.165) is 15.6 Å². The number of hydrogen-bond acceptors (Lipinski definition) is 7. The smallest absolute Gasteiger partial charge is 0.338 e. The summed E-state index contributed by atoms with van der Waals surface area (Å²) in [6.07, 6.45) is 0. The van der Waals surface area contributed by atoms with Gasteiger partial charge in [0.05, 0.1) is 22.5 Å². The Kier molecular flexibility index (Phi) is 7.23. The van der Waals surface area contributed by atoms with Crippen molar-refractivity contribution in [1.29, 1.82) is 0 Å². The number of benzene rings is 1. The highest BCUT2D eigenvalue weighted by molar-refractivity contribution is 7.89. The van der Waals surface area contributed by atoms with Gasteiger partial charge in [-0.3, -0.25) is 9.59 Å². The zero-order valence-electron chi connectivity index (χ0n) is 17.6. The standard InChI is InChI=1S/C20H22ClN3O6S2/c1-4-30-20(27)13-6-5-7-14(8-13)22-19(26)18-16(9-17(21)31-18)32(28,29)23(3)15-10-24(11-15)12(2)25/h5-9,15H,4,10-11H2,1-3H3,(H,22,26). The van der Waals surface area contributed by atoms with Crippen LogP contribution in [0.2, 0.25) is 4.34 Å². The highest BCUT2D eigenvalue weighted by Crippen LogP contribution is 2.34. The average Bonchev–Trinajstić information content (AvgIpc) is 3.09. The molecular formula is C20H22ClN3O6S2. The van der Waals surface area contributed by atoms with Crippen LogP contribution < -0.4 is 5.32 Å². The molecule has 1 aliphatic heterocycles. The van der Waals surface area contributed by atoms with Gasteiger partial charge in [0, 0.05) is 32.7 Å². The molecule has 172 valence electrons. The highest BCUT2D eigenvalue weighted by Gasteiger charge is 2.39. The largest absolute Gasteiger partial charge is 0.462 e. The van der Waals surface area contributed by atoms with Crippen molar-refractivity contribution < 1.29 is 27.5 Å². The molecule has 0 spiro atoms. The number of carbonyl (C=O) groups excluding carboxylic acids is 3. The molecule has 1 aliphatic rings. The molecule has 1 fully saturated rings. The van der Waals surface area contributed by atoms with Crippen LogP contribution in [0.5, 0.6) is 0 Å². The first kappa shape index (κ1) is 24.2. The summed E-state index contributed by atoms with van der Waals surface area (Å²) < 4.78 is 32.6. The van der Waals surface area contributed by atoms with Crippen LogP contribution in [-0.4, -0.2) is 68.2 Å². The molecule has 0 radical (unpaired) electrons. The number of rotatable bonds is 7. The molecule has 1 saturated heterocycles. The van der Waals surface area contributed by atoms with Gasteiger partial charge in [0.1, 0.15) is 9.77 Å². The van der Waals surface area contributed by atoms with Gasteiger partial charge in [-0.2, -0.15) is 4.31 Å². The zero-order valence-corrected chi connectivity index (χ0v) is 20.0. The van der Waals surface area contributed by atoms with Crippen LogP contribution in [0.15, 0.2) is 35.2 Å². The van der Waals surface area contributed by atoms with E-state index in [2.05, 4.69) is 5.32 Å². The molecule has 2 amide bonds. The van der Waals surface area contributed by atoms with E-state index in [-0.39, 0.29) is 51.3 Å². The second kappa shape index (κ2) is 9.57. The van der Waals surface area contributed by atoms with E-state index < -0.39 is 21.9 Å². The van der Waals surface area contributed by atoms with Crippen LogP contribution in [0.25, 0.3) is 0 Å². The third kappa shape index (κ3) is 4.96. The fourth-order valence-electron chi connectivity index (χ4n) is 3.12. The van der Waals surface area contributed by atoms with Crippen molar-refractivity contribution in [2.24, 2.45) is 0 Å². The normalized spacial score (nSPS) is 14.2. The van der Waals surface area contributed by atoms with Crippen molar-refractivity contribution >= 4 is 56.4 Å². The molecule has 1 aromatic heterocycles. The maximum Gasteiger partial charge on any atom is 0.338 e. The Balaban J connectivity index is 1.82. The van der Waals surface area contributed by atoms with Gasteiger partial charge in [0.15, 0.2) is 0 Å². The molecule has 12 heteroatoms. The number of nitrogens with one attached hydrogen (secondary N) is 1. The Morgan fingerprint density at radius 2 is 1.97 bits per heavy atom. The Morgan fingerprint density at radius 1 is 1.28 bits per heavy atom. The number of ether oxygens (including phenoxy) is 1. The molecule has 1 aromatic carbocycles. The van der Waals surface area contributed by atoms with E-state index in [1.54, 1.807) is 25.1 Å². The summed E-state index contributed by atoms with van der Waals surface area (Å²) in [7, 11) is -2.63. The number of anilines is 1. The summed E-state index contributed by atoms with van der Waals surface area (Å²) in [4.78, 5) is 37.5. The fourth-order valence-corrected chi connectivity index (χ4v) is 6.14. The number of nitrogens with zero attached hydrogens (tertiary/aromatic N) is 2. The molecular weight excluding hydrogens is 478 g/mol. The van der Waals surface area contributed by atoms with E-state index in [9.17, 15) is 22.8 Å². The number of carbonyl (C=O) groups is 3. The fraction of sp³-hybridized carbons (Fsp3) is 0.350. The van der Waals surface area contributed by atoms with Gasteiger partial charge in [-0.05, 0) is 31.2 Å². The summed E-state index contributed by atoms with van der Waals surface area (Å²) in [5.74, 6) is -1.34. The van der Waals surface area contributed by atoms with E-state index in [1.165, 1.54) is 31.0 Å². The van der Waals surface area contributed by atoms with Gasteiger partial charge >= 0.3 is 5.97 Å². The second-order valence-corrected chi connectivity index (χ2v) is 10.7. The number of thiophene rings is 1. The zero-order chi connectivity index (χ0) is 23.6. The molecule has 0 bridgehead atoms. The van der Waals surface area contributed by atoms with Gasteiger partial charge in [0.2, 0.25) is 15.9 Å². The molecule has 2 aromatic rings. The molecule has 0 atom stereocenters. The van der Waals surface area contributed by atoms with Gasteiger partial charge < -0.3 is 15.0 Å². The van der Waals surface area contributed by atoms with Crippen molar-refractivity contribution in [3.63, 3.8) is 0 Å². The Morgan fingerprint density at radius 3 is 2.59 bits per heavy atom. The van der Waals surface area contributed by atoms with E-state index in [4.69, 9.17) is 16.3 Å². The number of hydrogen-bond donors (Lipinski definition) is 1. The lowest BCUT2D eigenvalue weighted by molar-refractivity contribution is -0.134. The molecule has 0 aliphatic carbocycles. The van der Waals surface area contributed by atoms with Crippen LogP contribution in [0.4, 0.5) is 5.69 Å². The van der Waals surface area contributed by atoms with Crippen molar-refractivity contribution in [2.75, 3.05) is 32.1 Å². The number of likely N-dealkylation sites (N-methyl/N-ethyl adjacent to an activating group) is 1. The lowest BCUT2D eigenvalue weighted by Gasteiger charge is -2.42. The van der Waals surface area contributed by atoms with Gasteiger partial charge in [0.25, 0.3) is 5.91 Å². The predicted molar refractivity (Wildman–Crippen MR) is 121 cm³/mol. The van der Waals surface area contributed by atoms with Crippen LogP contribution in [0, 0.1) is 0 Å². The predicted octanol–water partition coefficient (Wildman–Crippen LogP) is 2.68. The van der Waals surface area contributed by atoms with Gasteiger partial charge in [-0.1, -0.05) is 17.7 Å². The number of esters is 1. The average molecular weight is 500 g/mol. The lowest BCUT2D eigenvalue weighted by atomic mass is 10.1. The summed E-state index contributed by atoms with van der Waals surface area (Å²) in [6.45, 7) is 3.88. The Hall–Kier alpha value is -2.47. The number of likely N-dealkylation sites (tertiary alicyclic amines) is 1. The molecule has 1 N–H and O–H groups in total. The van der Waals surface area contributed by atoms with E-state index in [1.807, 2.05) is 0 Å². The quantitative estimate of drug-likeness (QED) is 0.586.